The lowest BCUT2D eigenvalue weighted by Crippen LogP contribution is -2.15. The molecule has 1 aliphatic rings. The molecule has 0 spiro atoms. The van der Waals surface area contributed by atoms with Gasteiger partial charge in [-0.15, -0.1) is 11.3 Å². The number of aromatic nitrogens is 2. The van der Waals surface area contributed by atoms with Crippen LogP contribution in [0.25, 0.3) is 10.6 Å². The van der Waals surface area contributed by atoms with Crippen molar-refractivity contribution in [2.45, 2.75) is 25.8 Å². The van der Waals surface area contributed by atoms with Crippen molar-refractivity contribution in [2.24, 2.45) is 0 Å². The largest absolute Gasteiger partial charge is 0.475 e. The van der Waals surface area contributed by atoms with E-state index in [1.165, 1.54) is 0 Å². The van der Waals surface area contributed by atoms with Crippen molar-refractivity contribution < 1.29 is 9.90 Å². The van der Waals surface area contributed by atoms with Gasteiger partial charge in [0.1, 0.15) is 5.69 Å². The predicted molar refractivity (Wildman–Crippen MR) is 65.4 cm³/mol. The molecule has 0 unspecified atom stereocenters. The van der Waals surface area contributed by atoms with E-state index < -0.39 is 5.97 Å². The molecular formula is C12H12N2O2S. The quantitative estimate of drug-likeness (QED) is 0.888. The minimum Gasteiger partial charge on any atom is -0.475 e. The van der Waals surface area contributed by atoms with Crippen molar-refractivity contribution in [1.82, 2.24) is 9.55 Å². The summed E-state index contributed by atoms with van der Waals surface area (Å²) in [6, 6.07) is 3.96. The number of carbonyl (C=O) groups is 1. The zero-order valence-electron chi connectivity index (χ0n) is 9.22. The molecule has 1 aliphatic heterocycles. The van der Waals surface area contributed by atoms with Gasteiger partial charge in [-0.2, -0.15) is 0 Å². The Morgan fingerprint density at radius 3 is 3.06 bits per heavy atom. The average Bonchev–Trinajstić information content (AvgIpc) is 2.95. The summed E-state index contributed by atoms with van der Waals surface area (Å²) in [5.41, 5.74) is 1.94. The first-order valence-electron chi connectivity index (χ1n) is 5.64. The highest BCUT2D eigenvalue weighted by Gasteiger charge is 2.24. The molecule has 17 heavy (non-hydrogen) atoms. The summed E-state index contributed by atoms with van der Waals surface area (Å²) >= 11 is 1.61. The average molecular weight is 248 g/mol. The van der Waals surface area contributed by atoms with Crippen LogP contribution in [0.15, 0.2) is 17.5 Å². The molecule has 3 heterocycles. The second-order valence-corrected chi connectivity index (χ2v) is 5.07. The van der Waals surface area contributed by atoms with Gasteiger partial charge in [0, 0.05) is 12.2 Å². The number of hydrogen-bond acceptors (Lipinski definition) is 3. The smallest absolute Gasteiger partial charge is 0.372 e. The predicted octanol–water partition coefficient (Wildman–Crippen LogP) is 2.65. The van der Waals surface area contributed by atoms with Gasteiger partial charge in [-0.25, -0.2) is 9.78 Å². The fourth-order valence-corrected chi connectivity index (χ4v) is 3.05. The number of nitrogens with zero attached hydrogens (tertiary/aromatic N) is 2. The van der Waals surface area contributed by atoms with Gasteiger partial charge >= 0.3 is 5.97 Å². The highest BCUT2D eigenvalue weighted by atomic mass is 32.1. The second-order valence-electron chi connectivity index (χ2n) is 4.12. The lowest BCUT2D eigenvalue weighted by Gasteiger charge is -2.15. The first-order valence-corrected chi connectivity index (χ1v) is 6.52. The Morgan fingerprint density at radius 1 is 1.47 bits per heavy atom. The zero-order valence-corrected chi connectivity index (χ0v) is 10.0. The van der Waals surface area contributed by atoms with Crippen LogP contribution < -0.4 is 0 Å². The second kappa shape index (κ2) is 4.00. The van der Waals surface area contributed by atoms with Crippen LogP contribution in [0.2, 0.25) is 0 Å². The summed E-state index contributed by atoms with van der Waals surface area (Å²) in [5, 5.41) is 11.2. The number of fused-ring (bicyclic) bond motifs is 1. The maximum Gasteiger partial charge on any atom is 0.372 e. The third-order valence-electron chi connectivity index (χ3n) is 3.06. The lowest BCUT2D eigenvalue weighted by atomic mass is 10.1. The molecule has 5 heteroatoms. The van der Waals surface area contributed by atoms with Crippen molar-refractivity contribution in [2.75, 3.05) is 0 Å². The molecule has 0 atom stereocenters. The van der Waals surface area contributed by atoms with Gasteiger partial charge in [-0.05, 0) is 30.7 Å². The monoisotopic (exact) mass is 248 g/mol. The maximum atomic E-state index is 11.2. The first-order chi connectivity index (χ1) is 8.27. The highest BCUT2D eigenvalue weighted by Crippen LogP contribution is 2.31. The van der Waals surface area contributed by atoms with Gasteiger partial charge in [0.05, 0.1) is 4.88 Å². The van der Waals surface area contributed by atoms with Gasteiger partial charge in [-0.1, -0.05) is 6.07 Å². The number of thiophene rings is 1. The fourth-order valence-electron chi connectivity index (χ4n) is 2.32. The van der Waals surface area contributed by atoms with Crippen LogP contribution in [0.1, 0.15) is 29.2 Å². The molecule has 2 aromatic heterocycles. The molecule has 2 aromatic rings. The van der Waals surface area contributed by atoms with E-state index in [4.69, 9.17) is 0 Å². The fraction of sp³-hybridized carbons (Fsp3) is 0.333. The summed E-state index contributed by atoms with van der Waals surface area (Å²) < 4.78 is 1.86. The number of imidazole rings is 1. The molecule has 1 N–H and O–H groups in total. The van der Waals surface area contributed by atoms with E-state index in [0.717, 1.165) is 42.1 Å². The Morgan fingerprint density at radius 2 is 2.35 bits per heavy atom. The summed E-state index contributed by atoms with van der Waals surface area (Å²) in [6.45, 7) is 0.773. The molecule has 0 fully saturated rings. The van der Waals surface area contributed by atoms with Crippen LogP contribution >= 0.6 is 11.3 Å². The van der Waals surface area contributed by atoms with E-state index in [2.05, 4.69) is 4.98 Å². The molecule has 0 radical (unpaired) electrons. The summed E-state index contributed by atoms with van der Waals surface area (Å²) in [6.07, 6.45) is 3.07. The lowest BCUT2D eigenvalue weighted by molar-refractivity contribution is 0.0677. The molecule has 0 bridgehead atoms. The minimum absolute atomic E-state index is 0.183. The minimum atomic E-state index is -0.934. The molecule has 3 rings (SSSR count). The molecule has 0 saturated heterocycles. The Labute approximate surface area is 103 Å². The molecule has 88 valence electrons. The van der Waals surface area contributed by atoms with Crippen LogP contribution in [0, 0.1) is 0 Å². The molecule has 0 amide bonds. The van der Waals surface area contributed by atoms with Crippen molar-refractivity contribution in [3.63, 3.8) is 0 Å². The molecule has 4 nitrogen and oxygen atoms in total. The van der Waals surface area contributed by atoms with Crippen LogP contribution in [0.5, 0.6) is 0 Å². The van der Waals surface area contributed by atoms with Crippen LogP contribution in [0.3, 0.4) is 0 Å². The Bertz CT molecular complexity index is 557. The van der Waals surface area contributed by atoms with Crippen molar-refractivity contribution in [3.8, 4) is 10.6 Å². The van der Waals surface area contributed by atoms with Gasteiger partial charge in [0.2, 0.25) is 5.82 Å². The molecule has 0 aromatic carbocycles. The number of rotatable bonds is 2. The van der Waals surface area contributed by atoms with Crippen molar-refractivity contribution >= 4 is 17.3 Å². The van der Waals surface area contributed by atoms with E-state index in [-0.39, 0.29) is 5.82 Å². The zero-order chi connectivity index (χ0) is 11.8. The Hall–Kier alpha value is -1.62. The molecule has 0 saturated carbocycles. The van der Waals surface area contributed by atoms with Gasteiger partial charge < -0.3 is 9.67 Å². The van der Waals surface area contributed by atoms with Gasteiger partial charge in [0.25, 0.3) is 0 Å². The topological polar surface area (TPSA) is 55.1 Å². The Balaban J connectivity index is 2.19. The number of aromatic carboxylic acids is 1. The molecule has 0 aliphatic carbocycles. The number of carboxylic acids is 1. The van der Waals surface area contributed by atoms with Crippen molar-refractivity contribution in [3.05, 3.63) is 29.0 Å². The normalized spacial score (nSPS) is 14.6. The van der Waals surface area contributed by atoms with E-state index in [1.54, 1.807) is 11.3 Å². The van der Waals surface area contributed by atoms with Crippen LogP contribution in [-0.2, 0) is 13.0 Å². The van der Waals surface area contributed by atoms with Crippen molar-refractivity contribution in [1.29, 1.82) is 0 Å². The van der Waals surface area contributed by atoms with E-state index in [0.29, 0.717) is 0 Å². The Kier molecular flexibility index (Phi) is 2.48. The van der Waals surface area contributed by atoms with Gasteiger partial charge in [-0.3, -0.25) is 0 Å². The van der Waals surface area contributed by atoms with Gasteiger partial charge in [0.15, 0.2) is 0 Å². The summed E-state index contributed by atoms with van der Waals surface area (Å²) in [4.78, 5) is 16.5. The van der Waals surface area contributed by atoms with E-state index >= 15 is 0 Å². The SMILES string of the molecule is O=C(O)c1nc(-c2cccs2)c2n1CCCC2. The van der Waals surface area contributed by atoms with E-state index in [9.17, 15) is 9.90 Å². The van der Waals surface area contributed by atoms with Crippen LogP contribution in [-0.4, -0.2) is 20.6 Å². The number of hydrogen-bond donors (Lipinski definition) is 1. The highest BCUT2D eigenvalue weighted by molar-refractivity contribution is 7.13. The number of carboxylic acid groups (broad SMARTS) is 1. The third kappa shape index (κ3) is 1.67. The standard InChI is InChI=1S/C12H12N2O2S/c15-12(16)11-13-10(9-5-3-7-17-9)8-4-1-2-6-14(8)11/h3,5,7H,1-2,4,6H2,(H,15,16). The summed E-state index contributed by atoms with van der Waals surface area (Å²) in [7, 11) is 0. The summed E-state index contributed by atoms with van der Waals surface area (Å²) in [5.74, 6) is -0.751. The maximum absolute atomic E-state index is 11.2. The first kappa shape index (κ1) is 10.5. The third-order valence-corrected chi connectivity index (χ3v) is 3.94. The van der Waals surface area contributed by atoms with E-state index in [1.807, 2.05) is 22.1 Å². The molecular weight excluding hydrogens is 236 g/mol. The van der Waals surface area contributed by atoms with Crippen LogP contribution in [0.4, 0.5) is 0 Å².